The molecule has 3 N–H and O–H groups in total. The fourth-order valence-electron chi connectivity index (χ4n) is 2.17. The Balaban J connectivity index is 1.95. The van der Waals surface area contributed by atoms with Crippen molar-refractivity contribution >= 4 is 6.20 Å². The van der Waals surface area contributed by atoms with E-state index in [2.05, 4.69) is 4.99 Å². The van der Waals surface area contributed by atoms with Gasteiger partial charge in [0.05, 0.1) is 5.36 Å². The Kier molecular flexibility index (Phi) is 2.93. The van der Waals surface area contributed by atoms with E-state index in [4.69, 9.17) is 5.73 Å². The molecule has 0 bridgehead atoms. The molecule has 0 aromatic heterocycles. The SMILES string of the molecule is N[C@H]1N=c2ccccc2=CN1Cc1ccccc1O. The maximum atomic E-state index is 9.81. The summed E-state index contributed by atoms with van der Waals surface area (Å²) >= 11 is 0. The molecule has 0 aliphatic carbocycles. The first-order chi connectivity index (χ1) is 9.24. The number of aromatic hydroxyl groups is 1. The standard InChI is InChI=1S/C15H15N3O/c16-15-17-13-7-3-1-5-11(13)9-18(15)10-12-6-2-4-8-14(12)19/h1-9,15,19H,10,16H2/t15-/m0/s1. The van der Waals surface area contributed by atoms with Gasteiger partial charge in [-0.15, -0.1) is 0 Å². The second kappa shape index (κ2) is 4.74. The molecule has 96 valence electrons. The van der Waals surface area contributed by atoms with Gasteiger partial charge in [-0.2, -0.15) is 0 Å². The molecule has 1 aliphatic heterocycles. The van der Waals surface area contributed by atoms with Gasteiger partial charge in [0.2, 0.25) is 0 Å². The van der Waals surface area contributed by atoms with Gasteiger partial charge in [0.25, 0.3) is 0 Å². The number of hydrogen-bond donors (Lipinski definition) is 2. The fourth-order valence-corrected chi connectivity index (χ4v) is 2.17. The van der Waals surface area contributed by atoms with E-state index in [-0.39, 0.29) is 5.75 Å². The molecule has 0 radical (unpaired) electrons. The zero-order chi connectivity index (χ0) is 13.2. The normalized spacial score (nSPS) is 17.3. The van der Waals surface area contributed by atoms with Crippen LogP contribution in [0, 0.1) is 0 Å². The van der Waals surface area contributed by atoms with Crippen molar-refractivity contribution in [3.05, 3.63) is 64.7 Å². The van der Waals surface area contributed by atoms with Crippen LogP contribution < -0.4 is 16.3 Å². The molecule has 19 heavy (non-hydrogen) atoms. The van der Waals surface area contributed by atoms with Crippen molar-refractivity contribution in [3.8, 4) is 5.75 Å². The minimum absolute atomic E-state index is 0.280. The largest absolute Gasteiger partial charge is 0.508 e. The Morgan fingerprint density at radius 2 is 1.84 bits per heavy atom. The summed E-state index contributed by atoms with van der Waals surface area (Å²) in [6, 6.07) is 15.1. The molecular formula is C15H15N3O. The predicted octanol–water partition coefficient (Wildman–Crippen LogP) is 0.508. The maximum absolute atomic E-state index is 9.81. The number of nitrogens with two attached hydrogens (primary N) is 1. The van der Waals surface area contributed by atoms with E-state index < -0.39 is 6.29 Å². The van der Waals surface area contributed by atoms with Gasteiger partial charge < -0.3 is 10.0 Å². The third-order valence-electron chi connectivity index (χ3n) is 3.20. The van der Waals surface area contributed by atoms with Crippen molar-refractivity contribution in [1.82, 2.24) is 4.90 Å². The van der Waals surface area contributed by atoms with Crippen LogP contribution in [0.4, 0.5) is 0 Å². The topological polar surface area (TPSA) is 61.8 Å². The highest BCUT2D eigenvalue weighted by Gasteiger charge is 2.14. The molecule has 0 amide bonds. The van der Waals surface area contributed by atoms with Crippen LogP contribution in [0.1, 0.15) is 5.56 Å². The summed E-state index contributed by atoms with van der Waals surface area (Å²) in [7, 11) is 0. The highest BCUT2D eigenvalue weighted by Crippen LogP contribution is 2.18. The van der Waals surface area contributed by atoms with Crippen molar-refractivity contribution in [3.63, 3.8) is 0 Å². The minimum atomic E-state index is -0.422. The van der Waals surface area contributed by atoms with E-state index >= 15 is 0 Å². The lowest BCUT2D eigenvalue weighted by Crippen LogP contribution is -2.45. The smallest absolute Gasteiger partial charge is 0.174 e. The Hall–Kier alpha value is -2.33. The first-order valence-electron chi connectivity index (χ1n) is 6.17. The van der Waals surface area contributed by atoms with Crippen molar-refractivity contribution in [2.45, 2.75) is 12.8 Å². The van der Waals surface area contributed by atoms with Gasteiger partial charge in [0.15, 0.2) is 6.29 Å². The lowest BCUT2D eigenvalue weighted by molar-refractivity contribution is 0.296. The highest BCUT2D eigenvalue weighted by atomic mass is 16.3. The van der Waals surface area contributed by atoms with Crippen LogP contribution in [0.15, 0.2) is 53.5 Å². The van der Waals surface area contributed by atoms with Gasteiger partial charge in [0.1, 0.15) is 5.75 Å². The van der Waals surface area contributed by atoms with Crippen molar-refractivity contribution in [1.29, 1.82) is 0 Å². The number of para-hydroxylation sites is 2. The van der Waals surface area contributed by atoms with Crippen LogP contribution in [0.2, 0.25) is 0 Å². The van der Waals surface area contributed by atoms with Crippen molar-refractivity contribution in [2.75, 3.05) is 0 Å². The predicted molar refractivity (Wildman–Crippen MR) is 73.3 cm³/mol. The van der Waals surface area contributed by atoms with Crippen molar-refractivity contribution < 1.29 is 5.11 Å². The molecule has 2 aromatic rings. The number of hydrogen-bond acceptors (Lipinski definition) is 4. The Labute approximate surface area is 111 Å². The highest BCUT2D eigenvalue weighted by molar-refractivity contribution is 5.34. The third-order valence-corrected chi connectivity index (χ3v) is 3.20. The summed E-state index contributed by atoms with van der Waals surface area (Å²) in [6.07, 6.45) is 1.56. The summed E-state index contributed by atoms with van der Waals surface area (Å²) < 4.78 is 0. The first kappa shape index (κ1) is 11.7. The summed E-state index contributed by atoms with van der Waals surface area (Å²) in [6.45, 7) is 0.533. The van der Waals surface area contributed by atoms with Gasteiger partial charge in [-0.3, -0.25) is 5.73 Å². The van der Waals surface area contributed by atoms with Gasteiger partial charge in [-0.05, 0) is 12.1 Å². The molecule has 0 fully saturated rings. The van der Waals surface area contributed by atoms with E-state index in [0.29, 0.717) is 6.54 Å². The summed E-state index contributed by atoms with van der Waals surface area (Å²) in [5.74, 6) is 0.280. The molecular weight excluding hydrogens is 238 g/mol. The average Bonchev–Trinajstić information content (AvgIpc) is 2.42. The average molecular weight is 253 g/mol. The Morgan fingerprint density at radius 1 is 1.11 bits per heavy atom. The molecule has 1 heterocycles. The molecule has 2 aromatic carbocycles. The molecule has 4 nitrogen and oxygen atoms in total. The molecule has 0 saturated heterocycles. The Bertz CT molecular complexity index is 711. The van der Waals surface area contributed by atoms with Crippen molar-refractivity contribution in [2.24, 2.45) is 10.7 Å². The zero-order valence-corrected chi connectivity index (χ0v) is 10.4. The van der Waals surface area contributed by atoms with E-state index in [1.165, 1.54) is 0 Å². The molecule has 3 rings (SSSR count). The van der Waals surface area contributed by atoms with Crippen LogP contribution in [-0.2, 0) is 6.54 Å². The van der Waals surface area contributed by atoms with Crippen LogP contribution in [-0.4, -0.2) is 16.3 Å². The summed E-state index contributed by atoms with van der Waals surface area (Å²) in [5.41, 5.74) is 6.87. The minimum Gasteiger partial charge on any atom is -0.508 e. The lowest BCUT2D eigenvalue weighted by Gasteiger charge is -2.27. The lowest BCUT2D eigenvalue weighted by atomic mass is 10.2. The zero-order valence-electron chi connectivity index (χ0n) is 10.4. The number of fused-ring (bicyclic) bond motifs is 1. The monoisotopic (exact) mass is 253 g/mol. The number of phenolic OH excluding ortho intramolecular Hbond substituents is 1. The second-order valence-corrected chi connectivity index (χ2v) is 4.53. The third kappa shape index (κ3) is 2.30. The van der Waals surface area contributed by atoms with E-state index in [0.717, 1.165) is 16.1 Å². The number of phenols is 1. The quantitative estimate of drug-likeness (QED) is 0.819. The van der Waals surface area contributed by atoms with Crippen LogP contribution in [0.25, 0.3) is 6.20 Å². The van der Waals surface area contributed by atoms with Gasteiger partial charge in [-0.1, -0.05) is 36.4 Å². The molecule has 0 spiro atoms. The molecule has 4 heteroatoms. The number of rotatable bonds is 2. The second-order valence-electron chi connectivity index (χ2n) is 4.53. The molecule has 0 saturated carbocycles. The van der Waals surface area contributed by atoms with E-state index in [1.807, 2.05) is 47.5 Å². The summed E-state index contributed by atoms with van der Waals surface area (Å²) in [4.78, 5) is 6.36. The molecule has 1 aliphatic rings. The Morgan fingerprint density at radius 3 is 2.68 bits per heavy atom. The fraction of sp³-hybridized carbons (Fsp3) is 0.133. The first-order valence-corrected chi connectivity index (χ1v) is 6.17. The van der Waals surface area contributed by atoms with Gasteiger partial charge in [-0.25, -0.2) is 4.99 Å². The number of benzene rings is 2. The number of nitrogens with zero attached hydrogens (tertiary/aromatic N) is 2. The molecule has 1 atom stereocenters. The molecule has 0 unspecified atom stereocenters. The van der Waals surface area contributed by atoms with E-state index in [1.54, 1.807) is 12.1 Å². The summed E-state index contributed by atoms with van der Waals surface area (Å²) in [5, 5.41) is 11.8. The van der Waals surface area contributed by atoms with Gasteiger partial charge >= 0.3 is 0 Å². The van der Waals surface area contributed by atoms with Gasteiger partial charge in [0, 0.05) is 23.5 Å². The van der Waals surface area contributed by atoms with Crippen LogP contribution >= 0.6 is 0 Å². The van der Waals surface area contributed by atoms with Crippen LogP contribution in [0.3, 0.4) is 0 Å². The van der Waals surface area contributed by atoms with Crippen LogP contribution in [0.5, 0.6) is 5.75 Å². The maximum Gasteiger partial charge on any atom is 0.174 e. The van der Waals surface area contributed by atoms with E-state index in [9.17, 15) is 5.11 Å².